The Hall–Kier alpha value is -4.44. The number of para-hydroxylation sites is 1. The summed E-state index contributed by atoms with van der Waals surface area (Å²) in [5.41, 5.74) is 1.06. The first kappa shape index (κ1) is 25.2. The van der Waals surface area contributed by atoms with Crippen molar-refractivity contribution >= 4 is 44.1 Å². The highest BCUT2D eigenvalue weighted by Crippen LogP contribution is 2.48. The number of anilines is 1. The third kappa shape index (κ3) is 4.22. The molecule has 38 heavy (non-hydrogen) atoms. The number of fused-ring (bicyclic) bond motifs is 1. The molecule has 10 heteroatoms. The van der Waals surface area contributed by atoms with Gasteiger partial charge in [0.15, 0.2) is 16.6 Å². The number of ether oxygens (including phenoxy) is 3. The molecule has 0 aliphatic carbocycles. The molecule has 1 aromatic heterocycles. The summed E-state index contributed by atoms with van der Waals surface area (Å²) in [6.45, 7) is 2.32. The summed E-state index contributed by atoms with van der Waals surface area (Å²) >= 11 is 1.06. The summed E-state index contributed by atoms with van der Waals surface area (Å²) in [4.78, 5) is 32.7. The molecule has 2 heterocycles. The summed E-state index contributed by atoms with van der Waals surface area (Å²) in [5.74, 6) is -1.33. The van der Waals surface area contributed by atoms with Gasteiger partial charge in [-0.2, -0.15) is 0 Å². The fourth-order valence-electron chi connectivity index (χ4n) is 4.47. The number of carbonyl (C=O) groups is 2. The van der Waals surface area contributed by atoms with Crippen molar-refractivity contribution in [3.8, 4) is 17.2 Å². The molecule has 1 aliphatic heterocycles. The Morgan fingerprint density at radius 2 is 1.84 bits per heavy atom. The number of nitrogens with zero attached hydrogens (tertiary/aromatic N) is 2. The highest BCUT2D eigenvalue weighted by atomic mass is 32.1. The van der Waals surface area contributed by atoms with Gasteiger partial charge in [-0.15, -0.1) is 0 Å². The number of aromatic nitrogens is 1. The fourth-order valence-corrected chi connectivity index (χ4v) is 5.49. The van der Waals surface area contributed by atoms with Gasteiger partial charge >= 0.3 is 5.91 Å². The van der Waals surface area contributed by atoms with Crippen molar-refractivity contribution in [1.82, 2.24) is 4.98 Å². The number of benzene rings is 3. The van der Waals surface area contributed by atoms with Crippen molar-refractivity contribution in [1.29, 1.82) is 0 Å². The van der Waals surface area contributed by atoms with Crippen molar-refractivity contribution < 1.29 is 33.3 Å². The first-order valence-corrected chi connectivity index (χ1v) is 12.5. The molecule has 1 N–H and O–H groups in total. The van der Waals surface area contributed by atoms with Crippen LogP contribution in [0.5, 0.6) is 17.2 Å². The summed E-state index contributed by atoms with van der Waals surface area (Å²) in [6.07, 6.45) is 0. The minimum atomic E-state index is -1.10. The highest BCUT2D eigenvalue weighted by molar-refractivity contribution is 7.22. The number of methoxy groups -OCH3 is 2. The van der Waals surface area contributed by atoms with Gasteiger partial charge in [-0.1, -0.05) is 23.5 Å². The van der Waals surface area contributed by atoms with E-state index in [2.05, 4.69) is 4.98 Å². The maximum Gasteiger partial charge on any atom is 0.301 e. The normalized spacial score (nSPS) is 16.7. The Labute approximate surface area is 221 Å². The maximum atomic E-state index is 13.9. The molecule has 1 aliphatic rings. The Balaban J connectivity index is 1.74. The molecule has 0 spiro atoms. The topological polar surface area (TPSA) is 98.2 Å². The lowest BCUT2D eigenvalue weighted by Crippen LogP contribution is -2.29. The second kappa shape index (κ2) is 10.1. The van der Waals surface area contributed by atoms with Crippen molar-refractivity contribution in [2.45, 2.75) is 13.0 Å². The quantitative estimate of drug-likeness (QED) is 0.191. The van der Waals surface area contributed by atoms with Crippen LogP contribution in [0.25, 0.3) is 16.0 Å². The zero-order valence-electron chi connectivity index (χ0n) is 20.7. The number of halogens is 1. The molecule has 0 unspecified atom stereocenters. The molecule has 1 amide bonds. The third-order valence-corrected chi connectivity index (χ3v) is 7.17. The molecular weight excluding hydrogens is 511 g/mol. The number of aliphatic hydroxyl groups excluding tert-OH is 1. The van der Waals surface area contributed by atoms with E-state index in [4.69, 9.17) is 14.2 Å². The van der Waals surface area contributed by atoms with Crippen LogP contribution in [0.15, 0.2) is 66.2 Å². The third-order valence-electron chi connectivity index (χ3n) is 6.16. The number of carbonyl (C=O) groups excluding carboxylic acids is 2. The van der Waals surface area contributed by atoms with Crippen LogP contribution in [0.3, 0.4) is 0 Å². The zero-order chi connectivity index (χ0) is 27.0. The lowest BCUT2D eigenvalue weighted by atomic mass is 9.94. The van der Waals surface area contributed by atoms with E-state index in [1.54, 1.807) is 42.5 Å². The van der Waals surface area contributed by atoms with Gasteiger partial charge in [-0.05, 0) is 55.5 Å². The molecule has 4 aromatic rings. The number of Topliss-reactive ketones (excluding diaryl/α,β-unsaturated/α-hetero) is 1. The molecule has 0 bridgehead atoms. The SMILES string of the molecule is CCOc1ccc(C(O)=C2C(=O)C(=O)N(c3nc4ccc(F)cc4s3)[C@@H]2c2cccc(OC)c2OC)cc1. The number of hydrogen-bond acceptors (Lipinski definition) is 8. The first-order chi connectivity index (χ1) is 18.4. The monoisotopic (exact) mass is 534 g/mol. The van der Waals surface area contributed by atoms with Gasteiger partial charge in [-0.25, -0.2) is 9.37 Å². The molecule has 1 fully saturated rings. The van der Waals surface area contributed by atoms with Crippen LogP contribution < -0.4 is 19.1 Å². The lowest BCUT2D eigenvalue weighted by Gasteiger charge is -2.25. The second-order valence-corrected chi connectivity index (χ2v) is 9.33. The molecule has 8 nitrogen and oxygen atoms in total. The summed E-state index contributed by atoms with van der Waals surface area (Å²) in [6, 6.07) is 14.6. The van der Waals surface area contributed by atoms with Crippen LogP contribution in [-0.2, 0) is 9.59 Å². The molecule has 5 rings (SSSR count). The standard InChI is InChI=1S/C28H23FN2O6S/c1-4-37-17-11-8-15(9-12-17)24(32)22-23(18-6-5-7-20(35-2)26(18)36-3)31(27(34)25(22)33)28-30-19-13-10-16(29)14-21(19)38-28/h5-14,23,32H,4H2,1-3H3/t23-/m1/s1. The van der Waals surface area contributed by atoms with E-state index < -0.39 is 23.5 Å². The summed E-state index contributed by atoms with van der Waals surface area (Å²) < 4.78 is 30.9. The smallest absolute Gasteiger partial charge is 0.301 e. The largest absolute Gasteiger partial charge is 0.507 e. The maximum absolute atomic E-state index is 13.9. The fraction of sp³-hybridized carbons (Fsp3) is 0.179. The van der Waals surface area contributed by atoms with E-state index in [1.165, 1.54) is 37.3 Å². The van der Waals surface area contributed by atoms with Crippen molar-refractivity contribution in [3.05, 3.63) is 83.2 Å². The van der Waals surface area contributed by atoms with Crippen LogP contribution in [0.2, 0.25) is 0 Å². The van der Waals surface area contributed by atoms with Gasteiger partial charge in [0.25, 0.3) is 5.78 Å². The number of aliphatic hydroxyl groups is 1. The minimum absolute atomic E-state index is 0.142. The van der Waals surface area contributed by atoms with E-state index in [9.17, 15) is 19.1 Å². The van der Waals surface area contributed by atoms with Crippen LogP contribution in [0, 0.1) is 5.82 Å². The Kier molecular flexibility index (Phi) is 6.73. The summed E-state index contributed by atoms with van der Waals surface area (Å²) in [5, 5.41) is 11.6. The number of thiazole rings is 1. The second-order valence-electron chi connectivity index (χ2n) is 8.32. The number of rotatable bonds is 7. The number of ketones is 1. The van der Waals surface area contributed by atoms with Gasteiger partial charge in [0.2, 0.25) is 0 Å². The number of amides is 1. The lowest BCUT2D eigenvalue weighted by molar-refractivity contribution is -0.132. The molecule has 194 valence electrons. The van der Waals surface area contributed by atoms with Gasteiger partial charge < -0.3 is 19.3 Å². The van der Waals surface area contributed by atoms with Crippen molar-refractivity contribution in [3.63, 3.8) is 0 Å². The van der Waals surface area contributed by atoms with Gasteiger partial charge in [0.05, 0.1) is 36.6 Å². The minimum Gasteiger partial charge on any atom is -0.507 e. The average molecular weight is 535 g/mol. The Morgan fingerprint density at radius 3 is 2.53 bits per heavy atom. The summed E-state index contributed by atoms with van der Waals surface area (Å²) in [7, 11) is 2.92. The zero-order valence-corrected chi connectivity index (χ0v) is 21.5. The predicted octanol–water partition coefficient (Wildman–Crippen LogP) is 5.48. The molecule has 0 radical (unpaired) electrons. The molecule has 1 saturated heterocycles. The molecule has 1 atom stereocenters. The van der Waals surface area contributed by atoms with Crippen LogP contribution in [0.1, 0.15) is 24.1 Å². The first-order valence-electron chi connectivity index (χ1n) is 11.7. The average Bonchev–Trinajstić information content (AvgIpc) is 3.45. The van der Waals surface area contributed by atoms with E-state index in [0.717, 1.165) is 11.3 Å². The van der Waals surface area contributed by atoms with Crippen LogP contribution in [-0.4, -0.2) is 42.6 Å². The van der Waals surface area contributed by atoms with Crippen LogP contribution >= 0.6 is 11.3 Å². The van der Waals surface area contributed by atoms with Gasteiger partial charge in [0, 0.05) is 11.1 Å². The predicted molar refractivity (Wildman–Crippen MR) is 142 cm³/mol. The van der Waals surface area contributed by atoms with E-state index in [0.29, 0.717) is 39.4 Å². The van der Waals surface area contributed by atoms with E-state index in [-0.39, 0.29) is 22.2 Å². The van der Waals surface area contributed by atoms with Gasteiger partial charge in [-0.3, -0.25) is 14.5 Å². The van der Waals surface area contributed by atoms with E-state index >= 15 is 0 Å². The van der Waals surface area contributed by atoms with Crippen molar-refractivity contribution in [2.24, 2.45) is 0 Å². The Bertz CT molecular complexity index is 1580. The highest BCUT2D eigenvalue weighted by Gasteiger charge is 2.49. The van der Waals surface area contributed by atoms with Gasteiger partial charge in [0.1, 0.15) is 23.4 Å². The number of hydrogen-bond donors (Lipinski definition) is 1. The van der Waals surface area contributed by atoms with Crippen molar-refractivity contribution in [2.75, 3.05) is 25.7 Å². The molecule has 0 saturated carbocycles. The Morgan fingerprint density at radius 1 is 1.08 bits per heavy atom. The molecule has 3 aromatic carbocycles. The van der Waals surface area contributed by atoms with E-state index in [1.807, 2.05) is 6.92 Å². The molecular formula is C28H23FN2O6S. The van der Waals surface area contributed by atoms with Crippen LogP contribution in [0.4, 0.5) is 9.52 Å².